The summed E-state index contributed by atoms with van der Waals surface area (Å²) in [5.41, 5.74) is 2.97. The number of hydrogen-bond acceptors (Lipinski definition) is 4. The second kappa shape index (κ2) is 6.29. The molecule has 0 unspecified atom stereocenters. The van der Waals surface area contributed by atoms with Gasteiger partial charge in [0.05, 0.1) is 16.8 Å². The Kier molecular flexibility index (Phi) is 3.92. The lowest BCUT2D eigenvalue weighted by molar-refractivity contribution is 0.0925. The molecule has 5 nitrogen and oxygen atoms in total. The number of amides is 2. The van der Waals surface area contributed by atoms with E-state index in [-0.39, 0.29) is 22.6 Å². The summed E-state index contributed by atoms with van der Waals surface area (Å²) < 4.78 is 5.86. The SMILES string of the molecule is Cc1ccc(Oc2ccc3c(c2)C(=O)N(c2ccccc2O)C3=O)cc1C. The molecule has 0 saturated carbocycles. The lowest BCUT2D eigenvalue weighted by Gasteiger charge is -2.14. The molecule has 27 heavy (non-hydrogen) atoms. The van der Waals surface area contributed by atoms with Gasteiger partial charge in [0.25, 0.3) is 11.8 Å². The maximum absolute atomic E-state index is 12.8. The van der Waals surface area contributed by atoms with Gasteiger partial charge < -0.3 is 9.84 Å². The van der Waals surface area contributed by atoms with E-state index in [4.69, 9.17) is 4.74 Å². The molecular formula is C22H17NO4. The van der Waals surface area contributed by atoms with Crippen LogP contribution in [-0.4, -0.2) is 16.9 Å². The molecule has 0 spiro atoms. The van der Waals surface area contributed by atoms with Gasteiger partial charge in [0, 0.05) is 0 Å². The molecule has 3 aromatic rings. The topological polar surface area (TPSA) is 66.8 Å². The number of fused-ring (bicyclic) bond motifs is 1. The van der Waals surface area contributed by atoms with Gasteiger partial charge in [-0.2, -0.15) is 0 Å². The molecular weight excluding hydrogens is 342 g/mol. The van der Waals surface area contributed by atoms with Crippen LogP contribution in [0, 0.1) is 13.8 Å². The molecule has 4 rings (SSSR count). The third kappa shape index (κ3) is 2.83. The van der Waals surface area contributed by atoms with E-state index in [0.717, 1.165) is 16.0 Å². The standard InChI is InChI=1S/C22H17NO4/c1-13-7-8-15(11-14(13)2)27-16-9-10-17-18(12-16)22(26)23(21(17)25)19-5-3-4-6-20(19)24/h3-12,24H,1-2H3. The summed E-state index contributed by atoms with van der Waals surface area (Å²) in [5.74, 6) is 0.0551. The number of nitrogens with zero attached hydrogens (tertiary/aromatic N) is 1. The number of aromatic hydroxyl groups is 1. The van der Waals surface area contributed by atoms with Crippen molar-refractivity contribution in [2.24, 2.45) is 0 Å². The molecule has 1 heterocycles. The molecule has 0 bridgehead atoms. The maximum Gasteiger partial charge on any atom is 0.266 e. The van der Waals surface area contributed by atoms with E-state index in [9.17, 15) is 14.7 Å². The number of benzene rings is 3. The van der Waals surface area contributed by atoms with E-state index in [2.05, 4.69) is 0 Å². The first-order chi connectivity index (χ1) is 13.0. The van der Waals surface area contributed by atoms with E-state index in [0.29, 0.717) is 11.5 Å². The average molecular weight is 359 g/mol. The van der Waals surface area contributed by atoms with Gasteiger partial charge in [0.15, 0.2) is 0 Å². The summed E-state index contributed by atoms with van der Waals surface area (Å²) in [6.45, 7) is 4.02. The van der Waals surface area contributed by atoms with Gasteiger partial charge in [-0.05, 0) is 67.4 Å². The third-order valence-corrected chi connectivity index (χ3v) is 4.69. The highest BCUT2D eigenvalue weighted by atomic mass is 16.5. The van der Waals surface area contributed by atoms with Gasteiger partial charge in [-0.15, -0.1) is 0 Å². The Hall–Kier alpha value is -3.60. The fourth-order valence-corrected chi connectivity index (χ4v) is 3.07. The molecule has 1 aliphatic heterocycles. The van der Waals surface area contributed by atoms with Crippen molar-refractivity contribution >= 4 is 17.5 Å². The number of phenols is 1. The Morgan fingerprint density at radius 1 is 0.778 bits per heavy atom. The third-order valence-electron chi connectivity index (χ3n) is 4.69. The van der Waals surface area contributed by atoms with Gasteiger partial charge in [0.1, 0.15) is 17.2 Å². The van der Waals surface area contributed by atoms with Crippen LogP contribution in [0.1, 0.15) is 31.8 Å². The number of aryl methyl sites for hydroxylation is 2. The molecule has 1 N–H and O–H groups in total. The molecule has 0 atom stereocenters. The number of phenolic OH excluding ortho intramolecular Hbond substituents is 1. The molecule has 1 aliphatic rings. The van der Waals surface area contributed by atoms with E-state index in [1.807, 2.05) is 32.0 Å². The Labute approximate surface area is 156 Å². The zero-order valence-electron chi connectivity index (χ0n) is 14.9. The molecule has 5 heteroatoms. The van der Waals surface area contributed by atoms with Crippen molar-refractivity contribution in [3.63, 3.8) is 0 Å². The lowest BCUT2D eigenvalue weighted by Crippen LogP contribution is -2.29. The first-order valence-electron chi connectivity index (χ1n) is 8.51. The minimum absolute atomic E-state index is 0.126. The van der Waals surface area contributed by atoms with Crippen LogP contribution in [0.3, 0.4) is 0 Å². The fraction of sp³-hybridized carbons (Fsp3) is 0.0909. The lowest BCUT2D eigenvalue weighted by atomic mass is 10.1. The van der Waals surface area contributed by atoms with Crippen molar-refractivity contribution in [1.82, 2.24) is 0 Å². The van der Waals surface area contributed by atoms with E-state index < -0.39 is 11.8 Å². The highest BCUT2D eigenvalue weighted by molar-refractivity contribution is 6.34. The monoisotopic (exact) mass is 359 g/mol. The largest absolute Gasteiger partial charge is 0.506 e. The van der Waals surface area contributed by atoms with Crippen LogP contribution in [0.25, 0.3) is 0 Å². The van der Waals surface area contributed by atoms with Crippen molar-refractivity contribution in [1.29, 1.82) is 0 Å². The number of hydrogen-bond donors (Lipinski definition) is 1. The molecule has 0 aromatic heterocycles. The van der Waals surface area contributed by atoms with Crippen molar-refractivity contribution in [3.8, 4) is 17.2 Å². The van der Waals surface area contributed by atoms with Crippen molar-refractivity contribution in [2.75, 3.05) is 4.90 Å². The Morgan fingerprint density at radius 3 is 2.19 bits per heavy atom. The van der Waals surface area contributed by atoms with Crippen molar-refractivity contribution in [2.45, 2.75) is 13.8 Å². The number of ether oxygens (including phenoxy) is 1. The van der Waals surface area contributed by atoms with Gasteiger partial charge in [-0.3, -0.25) is 9.59 Å². The van der Waals surface area contributed by atoms with Gasteiger partial charge >= 0.3 is 0 Å². The predicted octanol–water partition coefficient (Wildman–Crippen LogP) is 4.60. The van der Waals surface area contributed by atoms with Crippen LogP contribution in [0.15, 0.2) is 60.7 Å². The Morgan fingerprint density at radius 2 is 1.44 bits per heavy atom. The van der Waals surface area contributed by atoms with Gasteiger partial charge in [-0.1, -0.05) is 18.2 Å². The minimum Gasteiger partial charge on any atom is -0.506 e. The summed E-state index contributed by atoms with van der Waals surface area (Å²) in [7, 11) is 0. The normalized spacial score (nSPS) is 13.0. The summed E-state index contributed by atoms with van der Waals surface area (Å²) in [5, 5.41) is 10.0. The molecule has 0 radical (unpaired) electrons. The number of imide groups is 1. The fourth-order valence-electron chi connectivity index (χ4n) is 3.07. The minimum atomic E-state index is -0.484. The quantitative estimate of drug-likeness (QED) is 0.694. The molecule has 3 aromatic carbocycles. The van der Waals surface area contributed by atoms with Crippen LogP contribution in [0.5, 0.6) is 17.2 Å². The second-order valence-electron chi connectivity index (χ2n) is 6.49. The maximum atomic E-state index is 12.8. The number of anilines is 1. The Bertz CT molecular complexity index is 1090. The molecule has 2 amide bonds. The van der Waals surface area contributed by atoms with Crippen LogP contribution < -0.4 is 9.64 Å². The van der Waals surface area contributed by atoms with Crippen LogP contribution in [0.2, 0.25) is 0 Å². The Balaban J connectivity index is 1.68. The first-order valence-corrected chi connectivity index (χ1v) is 8.51. The predicted molar refractivity (Wildman–Crippen MR) is 102 cm³/mol. The summed E-state index contributed by atoms with van der Waals surface area (Å²) in [6.07, 6.45) is 0. The van der Waals surface area contributed by atoms with E-state index >= 15 is 0 Å². The molecule has 0 saturated heterocycles. The van der Waals surface area contributed by atoms with Gasteiger partial charge in [0.2, 0.25) is 0 Å². The number of rotatable bonds is 3. The highest BCUT2D eigenvalue weighted by Crippen LogP contribution is 2.36. The van der Waals surface area contributed by atoms with E-state index in [1.54, 1.807) is 30.3 Å². The summed E-state index contributed by atoms with van der Waals surface area (Å²) in [4.78, 5) is 26.5. The van der Waals surface area contributed by atoms with Crippen LogP contribution in [0.4, 0.5) is 5.69 Å². The van der Waals surface area contributed by atoms with Crippen molar-refractivity contribution < 1.29 is 19.4 Å². The number of carbonyl (C=O) groups is 2. The molecule has 0 aliphatic carbocycles. The summed E-state index contributed by atoms with van der Waals surface area (Å²) in [6, 6.07) is 16.8. The molecule has 0 fully saturated rings. The number of para-hydroxylation sites is 2. The van der Waals surface area contributed by atoms with Crippen LogP contribution in [-0.2, 0) is 0 Å². The number of carbonyl (C=O) groups excluding carboxylic acids is 2. The zero-order chi connectivity index (χ0) is 19.1. The molecule has 134 valence electrons. The van der Waals surface area contributed by atoms with Crippen molar-refractivity contribution in [3.05, 3.63) is 82.9 Å². The van der Waals surface area contributed by atoms with Crippen LogP contribution >= 0.6 is 0 Å². The highest BCUT2D eigenvalue weighted by Gasteiger charge is 2.38. The van der Waals surface area contributed by atoms with E-state index in [1.165, 1.54) is 12.1 Å². The smallest absolute Gasteiger partial charge is 0.266 e. The first kappa shape index (κ1) is 16.8. The summed E-state index contributed by atoms with van der Waals surface area (Å²) >= 11 is 0. The average Bonchev–Trinajstić information content (AvgIpc) is 2.89. The van der Waals surface area contributed by atoms with Gasteiger partial charge in [-0.25, -0.2) is 4.90 Å². The second-order valence-corrected chi connectivity index (χ2v) is 6.49. The zero-order valence-corrected chi connectivity index (χ0v) is 14.9.